The Morgan fingerprint density at radius 2 is 1.96 bits per heavy atom. The molecule has 3 saturated heterocycles. The van der Waals surface area contributed by atoms with Gasteiger partial charge in [-0.05, 0) is 42.7 Å². The van der Waals surface area contributed by atoms with Gasteiger partial charge in [-0.1, -0.05) is 30.3 Å². The largest absolute Gasteiger partial charge is 0.334 e. The summed E-state index contributed by atoms with van der Waals surface area (Å²) in [5.41, 5.74) is 2.10. The number of hydrogen-bond donors (Lipinski definition) is 0. The van der Waals surface area contributed by atoms with Crippen molar-refractivity contribution in [3.63, 3.8) is 0 Å². The summed E-state index contributed by atoms with van der Waals surface area (Å²) in [6.45, 7) is 3.89. The molecule has 0 unspecified atom stereocenters. The maximum atomic E-state index is 13.2. The van der Waals surface area contributed by atoms with E-state index in [1.54, 1.807) is 18.0 Å². The molecule has 0 saturated carbocycles. The number of carbonyl (C=O) groups excluding carboxylic acids is 1. The molecule has 3 aliphatic heterocycles. The lowest BCUT2D eigenvalue weighted by atomic mass is 9.94. The molecule has 4 nitrogen and oxygen atoms in total. The van der Waals surface area contributed by atoms with Gasteiger partial charge in [0.1, 0.15) is 5.03 Å². The zero-order valence-corrected chi connectivity index (χ0v) is 16.0. The molecule has 2 bridgehead atoms. The van der Waals surface area contributed by atoms with E-state index in [0.717, 1.165) is 43.2 Å². The average molecular weight is 368 g/mol. The highest BCUT2D eigenvalue weighted by molar-refractivity contribution is 7.98. The Hall–Kier alpha value is -1.85. The molecule has 0 aliphatic carbocycles. The van der Waals surface area contributed by atoms with Crippen LogP contribution in [0.15, 0.2) is 53.7 Å². The van der Waals surface area contributed by atoms with Crippen molar-refractivity contribution in [2.24, 2.45) is 5.92 Å². The normalized spacial score (nSPS) is 23.0. The number of thioether (sulfide) groups is 1. The standard InChI is InChI=1S/C21H25N3OS/c1-26-20-19(8-5-11-22-20)21(25)24-14-17-9-10-18(24)15-23(13-17)12-16-6-3-2-4-7-16/h2-8,11,17-18H,9-10,12-15H2,1H3/t17-,18+/m0/s1. The lowest BCUT2D eigenvalue weighted by molar-refractivity contribution is 0.0580. The fraction of sp³-hybridized carbons (Fsp3) is 0.429. The number of benzene rings is 1. The third kappa shape index (κ3) is 3.64. The van der Waals surface area contributed by atoms with E-state index in [1.165, 1.54) is 12.0 Å². The summed E-state index contributed by atoms with van der Waals surface area (Å²) in [4.78, 5) is 22.3. The third-order valence-electron chi connectivity index (χ3n) is 5.49. The molecule has 26 heavy (non-hydrogen) atoms. The van der Waals surface area contributed by atoms with Gasteiger partial charge in [-0.2, -0.15) is 0 Å². The quantitative estimate of drug-likeness (QED) is 0.775. The summed E-state index contributed by atoms with van der Waals surface area (Å²) in [6.07, 6.45) is 6.08. The summed E-state index contributed by atoms with van der Waals surface area (Å²) in [5.74, 6) is 0.717. The first kappa shape index (κ1) is 17.6. The van der Waals surface area contributed by atoms with E-state index in [4.69, 9.17) is 0 Å². The molecule has 1 aromatic carbocycles. The van der Waals surface area contributed by atoms with E-state index in [-0.39, 0.29) is 5.91 Å². The van der Waals surface area contributed by atoms with Crippen molar-refractivity contribution >= 4 is 17.7 Å². The zero-order valence-electron chi connectivity index (χ0n) is 15.2. The average Bonchev–Trinajstić information content (AvgIpc) is 2.98. The Labute approximate surface area is 159 Å². The second-order valence-corrected chi connectivity index (χ2v) is 8.09. The van der Waals surface area contributed by atoms with Crippen molar-refractivity contribution in [1.29, 1.82) is 0 Å². The molecular formula is C21H25N3OS. The molecular weight excluding hydrogens is 342 g/mol. The van der Waals surface area contributed by atoms with Crippen LogP contribution < -0.4 is 0 Å². The summed E-state index contributed by atoms with van der Waals surface area (Å²) < 4.78 is 0. The molecule has 0 spiro atoms. The van der Waals surface area contributed by atoms with Crippen molar-refractivity contribution < 1.29 is 4.79 Å². The van der Waals surface area contributed by atoms with Crippen molar-refractivity contribution in [2.45, 2.75) is 30.5 Å². The molecule has 5 heteroatoms. The molecule has 2 aromatic rings. The predicted octanol–water partition coefficient (Wildman–Crippen LogP) is 3.54. The van der Waals surface area contributed by atoms with E-state index in [9.17, 15) is 4.79 Å². The third-order valence-corrected chi connectivity index (χ3v) is 6.21. The highest BCUT2D eigenvalue weighted by Crippen LogP contribution is 2.31. The first-order chi connectivity index (χ1) is 12.7. The predicted molar refractivity (Wildman–Crippen MR) is 105 cm³/mol. The van der Waals surface area contributed by atoms with Crippen molar-refractivity contribution in [2.75, 3.05) is 25.9 Å². The highest BCUT2D eigenvalue weighted by Gasteiger charge is 2.37. The minimum atomic E-state index is 0.152. The van der Waals surface area contributed by atoms with Crippen molar-refractivity contribution in [3.05, 3.63) is 59.8 Å². The Morgan fingerprint density at radius 1 is 1.12 bits per heavy atom. The Morgan fingerprint density at radius 3 is 2.77 bits per heavy atom. The lowest BCUT2D eigenvalue weighted by Crippen LogP contribution is -2.47. The summed E-state index contributed by atoms with van der Waals surface area (Å²) >= 11 is 1.55. The molecule has 136 valence electrons. The van der Waals surface area contributed by atoms with E-state index in [2.05, 4.69) is 45.1 Å². The number of amides is 1. The fourth-order valence-corrected chi connectivity index (χ4v) is 4.81. The Kier molecular flexibility index (Phi) is 5.27. The van der Waals surface area contributed by atoms with Crippen LogP contribution in [0.25, 0.3) is 0 Å². The first-order valence-corrected chi connectivity index (χ1v) is 10.5. The van der Waals surface area contributed by atoms with Gasteiger partial charge in [0.2, 0.25) is 0 Å². The van der Waals surface area contributed by atoms with Crippen LogP contribution in [0.2, 0.25) is 0 Å². The van der Waals surface area contributed by atoms with Crippen molar-refractivity contribution in [1.82, 2.24) is 14.8 Å². The number of hydrogen-bond acceptors (Lipinski definition) is 4. The zero-order chi connectivity index (χ0) is 17.9. The van der Waals surface area contributed by atoms with Crippen LogP contribution in [-0.2, 0) is 6.54 Å². The van der Waals surface area contributed by atoms with Gasteiger partial charge in [-0.3, -0.25) is 9.69 Å². The number of piperidine rings is 1. The van der Waals surface area contributed by atoms with Crippen LogP contribution in [0.3, 0.4) is 0 Å². The van der Waals surface area contributed by atoms with Gasteiger partial charge in [0.05, 0.1) is 5.56 Å². The van der Waals surface area contributed by atoms with Gasteiger partial charge < -0.3 is 4.90 Å². The van der Waals surface area contributed by atoms with E-state index >= 15 is 0 Å². The van der Waals surface area contributed by atoms with Gasteiger partial charge in [-0.15, -0.1) is 11.8 Å². The maximum Gasteiger partial charge on any atom is 0.256 e. The Balaban J connectivity index is 1.52. The van der Waals surface area contributed by atoms with Crippen LogP contribution in [-0.4, -0.2) is 52.6 Å². The molecule has 5 rings (SSSR count). The number of fused-ring (bicyclic) bond motifs is 4. The van der Waals surface area contributed by atoms with E-state index < -0.39 is 0 Å². The molecule has 3 fully saturated rings. The summed E-state index contributed by atoms with van der Waals surface area (Å²) in [6, 6.07) is 14.7. The molecule has 4 heterocycles. The summed E-state index contributed by atoms with van der Waals surface area (Å²) in [5, 5.41) is 0.832. The van der Waals surface area contributed by atoms with E-state index in [0.29, 0.717) is 12.0 Å². The van der Waals surface area contributed by atoms with Crippen LogP contribution in [0, 0.1) is 5.92 Å². The maximum absolute atomic E-state index is 13.2. The lowest BCUT2D eigenvalue weighted by Gasteiger charge is -2.36. The van der Waals surface area contributed by atoms with Crippen LogP contribution in [0.1, 0.15) is 28.8 Å². The van der Waals surface area contributed by atoms with Crippen LogP contribution in [0.4, 0.5) is 0 Å². The number of pyridine rings is 1. The van der Waals surface area contributed by atoms with Gasteiger partial charge >= 0.3 is 0 Å². The fourth-order valence-electron chi connectivity index (χ4n) is 4.27. The second kappa shape index (κ2) is 7.80. The monoisotopic (exact) mass is 367 g/mol. The summed E-state index contributed by atoms with van der Waals surface area (Å²) in [7, 11) is 0. The molecule has 1 amide bonds. The first-order valence-electron chi connectivity index (χ1n) is 9.31. The smallest absolute Gasteiger partial charge is 0.256 e. The minimum absolute atomic E-state index is 0.152. The molecule has 0 radical (unpaired) electrons. The highest BCUT2D eigenvalue weighted by atomic mass is 32.2. The number of carbonyl (C=O) groups is 1. The van der Waals surface area contributed by atoms with Gasteiger partial charge in [0.25, 0.3) is 5.91 Å². The van der Waals surface area contributed by atoms with Crippen molar-refractivity contribution in [3.8, 4) is 0 Å². The van der Waals surface area contributed by atoms with Crippen LogP contribution in [0.5, 0.6) is 0 Å². The van der Waals surface area contributed by atoms with E-state index in [1.807, 2.05) is 18.4 Å². The molecule has 1 aromatic heterocycles. The SMILES string of the molecule is CSc1ncccc1C(=O)N1C[C@H]2CC[C@@H]1CN(Cc1ccccc1)C2. The molecule has 2 atom stereocenters. The molecule has 3 aliphatic rings. The van der Waals surface area contributed by atoms with Crippen LogP contribution >= 0.6 is 11.8 Å². The van der Waals surface area contributed by atoms with Gasteiger partial charge in [-0.25, -0.2) is 4.98 Å². The number of aromatic nitrogens is 1. The second-order valence-electron chi connectivity index (χ2n) is 7.29. The van der Waals surface area contributed by atoms with Gasteiger partial charge in [0.15, 0.2) is 0 Å². The number of rotatable bonds is 4. The topological polar surface area (TPSA) is 36.4 Å². The Bertz CT molecular complexity index is 767. The van der Waals surface area contributed by atoms with Gasteiger partial charge in [0, 0.05) is 38.4 Å². The molecule has 0 N–H and O–H groups in total. The minimum Gasteiger partial charge on any atom is -0.334 e. The number of nitrogens with zero attached hydrogens (tertiary/aromatic N) is 3.